The van der Waals surface area contributed by atoms with Crippen LogP contribution < -0.4 is 5.43 Å². The highest BCUT2D eigenvalue weighted by Gasteiger charge is 2.13. The van der Waals surface area contributed by atoms with Crippen LogP contribution in [0.5, 0.6) is 0 Å². The highest BCUT2D eigenvalue weighted by Crippen LogP contribution is 2.09. The maximum Gasteiger partial charge on any atom is 0.265 e. The maximum absolute atomic E-state index is 12.0. The molecule has 1 aliphatic heterocycles. The second-order valence-electron chi connectivity index (χ2n) is 4.61. The quantitative estimate of drug-likeness (QED) is 0.886. The van der Waals surface area contributed by atoms with Gasteiger partial charge in [0.2, 0.25) is 0 Å². The van der Waals surface area contributed by atoms with E-state index in [1.54, 1.807) is 0 Å². The molecule has 0 aromatic heterocycles. The second-order valence-corrected chi connectivity index (χ2v) is 4.61. The zero-order valence-corrected chi connectivity index (χ0v) is 10.9. The molecule has 3 nitrogen and oxygen atoms in total. The normalized spacial score (nSPS) is 16.9. The minimum atomic E-state index is -0.0103. The summed E-state index contributed by atoms with van der Waals surface area (Å²) in [5.41, 5.74) is 4.80. The van der Waals surface area contributed by atoms with Gasteiger partial charge in [-0.2, -0.15) is 0 Å². The summed E-state index contributed by atoms with van der Waals surface area (Å²) < 4.78 is 0. The first kappa shape index (κ1) is 12.8. The molecule has 0 radical (unpaired) electrons. The number of nitrogens with one attached hydrogen (secondary N) is 1. The van der Waals surface area contributed by atoms with Crippen molar-refractivity contribution >= 4 is 12.0 Å². The summed E-state index contributed by atoms with van der Waals surface area (Å²) >= 11 is 0. The number of rotatable bonds is 3. The third-order valence-electron chi connectivity index (χ3n) is 3.15. The van der Waals surface area contributed by atoms with Crippen molar-refractivity contribution in [2.45, 2.75) is 26.2 Å². The molecule has 1 heterocycles. The Morgan fingerprint density at radius 3 is 2.44 bits per heavy atom. The van der Waals surface area contributed by atoms with Crippen LogP contribution in [0, 0.1) is 0 Å². The van der Waals surface area contributed by atoms with Gasteiger partial charge in [-0.05, 0) is 37.5 Å². The predicted molar refractivity (Wildman–Crippen MR) is 74.0 cm³/mol. The Hall–Kier alpha value is -1.61. The summed E-state index contributed by atoms with van der Waals surface area (Å²) in [6.07, 6.45) is 7.61. The third-order valence-corrected chi connectivity index (χ3v) is 3.15. The SMILES string of the molecule is C/C=C/c1ccc(C(=O)NN2CCCCC2)cc1. The minimum absolute atomic E-state index is 0.0103. The van der Waals surface area contributed by atoms with Gasteiger partial charge in [0.25, 0.3) is 5.91 Å². The molecule has 0 bridgehead atoms. The summed E-state index contributed by atoms with van der Waals surface area (Å²) in [6, 6.07) is 7.67. The van der Waals surface area contributed by atoms with Gasteiger partial charge >= 0.3 is 0 Å². The number of hydrazine groups is 1. The lowest BCUT2D eigenvalue weighted by molar-refractivity contribution is 0.0750. The van der Waals surface area contributed by atoms with Gasteiger partial charge in [0.05, 0.1) is 0 Å². The number of carbonyl (C=O) groups excluding carboxylic acids is 1. The summed E-state index contributed by atoms with van der Waals surface area (Å²) in [4.78, 5) is 12.0. The minimum Gasteiger partial charge on any atom is -0.285 e. The van der Waals surface area contributed by atoms with Crippen molar-refractivity contribution in [3.63, 3.8) is 0 Å². The number of benzene rings is 1. The summed E-state index contributed by atoms with van der Waals surface area (Å²) in [6.45, 7) is 3.90. The molecule has 18 heavy (non-hydrogen) atoms. The third kappa shape index (κ3) is 3.44. The van der Waals surface area contributed by atoms with Crippen molar-refractivity contribution in [3.8, 4) is 0 Å². The van der Waals surface area contributed by atoms with Gasteiger partial charge in [0, 0.05) is 18.7 Å². The van der Waals surface area contributed by atoms with Gasteiger partial charge in [-0.3, -0.25) is 10.2 Å². The molecular weight excluding hydrogens is 224 g/mol. The van der Waals surface area contributed by atoms with Crippen LogP contribution in [-0.4, -0.2) is 24.0 Å². The van der Waals surface area contributed by atoms with Crippen LogP contribution >= 0.6 is 0 Å². The first-order valence-electron chi connectivity index (χ1n) is 6.58. The van der Waals surface area contributed by atoms with E-state index in [2.05, 4.69) is 5.43 Å². The largest absolute Gasteiger partial charge is 0.285 e. The number of hydrogen-bond donors (Lipinski definition) is 1. The summed E-state index contributed by atoms with van der Waals surface area (Å²) in [7, 11) is 0. The second kappa shape index (κ2) is 6.36. The van der Waals surface area contributed by atoms with Gasteiger partial charge in [0.1, 0.15) is 0 Å². The number of piperidine rings is 1. The van der Waals surface area contributed by atoms with Crippen molar-refractivity contribution in [2.75, 3.05) is 13.1 Å². The summed E-state index contributed by atoms with van der Waals surface area (Å²) in [5, 5.41) is 2.02. The molecule has 1 amide bonds. The number of hydrogen-bond acceptors (Lipinski definition) is 2. The van der Waals surface area contributed by atoms with E-state index < -0.39 is 0 Å². The van der Waals surface area contributed by atoms with E-state index >= 15 is 0 Å². The Morgan fingerprint density at radius 2 is 1.83 bits per heavy atom. The van der Waals surface area contributed by atoms with Crippen LogP contribution in [0.3, 0.4) is 0 Å². The fourth-order valence-electron chi connectivity index (χ4n) is 2.15. The number of allylic oxidation sites excluding steroid dienone is 1. The molecule has 1 aliphatic rings. The van der Waals surface area contributed by atoms with Gasteiger partial charge in [-0.1, -0.05) is 30.7 Å². The van der Waals surface area contributed by atoms with E-state index in [1.165, 1.54) is 19.3 Å². The van der Waals surface area contributed by atoms with E-state index in [0.717, 1.165) is 18.7 Å². The zero-order chi connectivity index (χ0) is 12.8. The molecule has 0 atom stereocenters. The van der Waals surface area contributed by atoms with Gasteiger partial charge in [-0.15, -0.1) is 0 Å². The molecular formula is C15H20N2O. The molecule has 3 heteroatoms. The predicted octanol–water partition coefficient (Wildman–Crippen LogP) is 2.85. The maximum atomic E-state index is 12.0. The average molecular weight is 244 g/mol. The van der Waals surface area contributed by atoms with Crippen molar-refractivity contribution in [3.05, 3.63) is 41.5 Å². The van der Waals surface area contributed by atoms with Crippen LogP contribution in [0.4, 0.5) is 0 Å². The Labute approximate surface area is 108 Å². The number of amides is 1. The topological polar surface area (TPSA) is 32.3 Å². The lowest BCUT2D eigenvalue weighted by atomic mass is 10.1. The molecule has 0 unspecified atom stereocenters. The molecule has 1 aromatic rings. The molecule has 96 valence electrons. The smallest absolute Gasteiger partial charge is 0.265 e. The van der Waals surface area contributed by atoms with E-state index in [0.29, 0.717) is 5.56 Å². The van der Waals surface area contributed by atoms with Crippen molar-refractivity contribution in [2.24, 2.45) is 0 Å². The Balaban J connectivity index is 1.95. The molecule has 1 N–H and O–H groups in total. The fourth-order valence-corrected chi connectivity index (χ4v) is 2.15. The molecule has 0 aliphatic carbocycles. The van der Waals surface area contributed by atoms with Crippen molar-refractivity contribution in [1.82, 2.24) is 10.4 Å². The Kier molecular flexibility index (Phi) is 4.53. The van der Waals surface area contributed by atoms with E-state index in [4.69, 9.17) is 0 Å². The lowest BCUT2D eigenvalue weighted by Crippen LogP contribution is -2.45. The van der Waals surface area contributed by atoms with Crippen LogP contribution in [0.1, 0.15) is 42.1 Å². The highest BCUT2D eigenvalue weighted by atomic mass is 16.2. The number of nitrogens with zero attached hydrogens (tertiary/aromatic N) is 1. The van der Waals surface area contributed by atoms with Gasteiger partial charge < -0.3 is 0 Å². The van der Waals surface area contributed by atoms with Crippen molar-refractivity contribution < 1.29 is 4.79 Å². The highest BCUT2D eigenvalue weighted by molar-refractivity contribution is 5.94. The molecule has 0 spiro atoms. The molecule has 2 rings (SSSR count). The fraction of sp³-hybridized carbons (Fsp3) is 0.400. The molecule has 1 aromatic carbocycles. The van der Waals surface area contributed by atoms with Crippen LogP contribution in [0.2, 0.25) is 0 Å². The molecule has 0 saturated carbocycles. The first-order chi connectivity index (χ1) is 8.79. The molecule has 1 saturated heterocycles. The first-order valence-corrected chi connectivity index (χ1v) is 6.58. The van der Waals surface area contributed by atoms with Crippen LogP contribution in [0.15, 0.2) is 30.3 Å². The lowest BCUT2D eigenvalue weighted by Gasteiger charge is -2.26. The molecule has 1 fully saturated rings. The average Bonchev–Trinajstić information content (AvgIpc) is 2.41. The Morgan fingerprint density at radius 1 is 1.17 bits per heavy atom. The standard InChI is InChI=1S/C15H20N2O/c1-2-6-13-7-9-14(10-8-13)15(18)16-17-11-4-3-5-12-17/h2,6-10H,3-5,11-12H2,1H3,(H,16,18)/b6-2+. The van der Waals surface area contributed by atoms with E-state index in [9.17, 15) is 4.79 Å². The van der Waals surface area contributed by atoms with E-state index in [1.807, 2.05) is 48.4 Å². The van der Waals surface area contributed by atoms with Crippen LogP contribution in [0.25, 0.3) is 6.08 Å². The van der Waals surface area contributed by atoms with Crippen molar-refractivity contribution in [1.29, 1.82) is 0 Å². The number of carbonyl (C=O) groups is 1. The zero-order valence-electron chi connectivity index (χ0n) is 10.9. The van der Waals surface area contributed by atoms with Gasteiger partial charge in [-0.25, -0.2) is 5.01 Å². The van der Waals surface area contributed by atoms with Gasteiger partial charge in [0.15, 0.2) is 0 Å². The summed E-state index contributed by atoms with van der Waals surface area (Å²) in [5.74, 6) is -0.0103. The van der Waals surface area contributed by atoms with Crippen LogP contribution in [-0.2, 0) is 0 Å². The Bertz CT molecular complexity index is 417. The van der Waals surface area contributed by atoms with E-state index in [-0.39, 0.29) is 5.91 Å². The monoisotopic (exact) mass is 244 g/mol.